The summed E-state index contributed by atoms with van der Waals surface area (Å²) in [5.74, 6) is -6.84. The summed E-state index contributed by atoms with van der Waals surface area (Å²) >= 11 is 0. The van der Waals surface area contributed by atoms with Gasteiger partial charge >= 0.3 is 0 Å². The lowest BCUT2D eigenvalue weighted by atomic mass is 10.0. The zero-order valence-electron chi connectivity index (χ0n) is 25.2. The van der Waals surface area contributed by atoms with E-state index < -0.39 is 40.5 Å². The highest BCUT2D eigenvalue weighted by Gasteiger charge is 2.26. The van der Waals surface area contributed by atoms with Crippen molar-refractivity contribution in [2.75, 3.05) is 31.1 Å². The molecule has 1 amide bonds. The molecule has 238 valence electrons. The smallest absolute Gasteiger partial charge is 0.294 e. The molecule has 0 spiro atoms. The second-order valence-electron chi connectivity index (χ2n) is 11.4. The van der Waals surface area contributed by atoms with Crippen molar-refractivity contribution in [1.82, 2.24) is 9.47 Å². The van der Waals surface area contributed by atoms with E-state index in [0.717, 1.165) is 40.2 Å². The standard InChI is InChI=1S/C37H30F3N3O4/c38-30-19-25(20-31(39)35(30)40)17-26-18-29(36(46)43(23-26)22-24-7-2-1-3-8-24)33(44)21-34(45)37(47)42-15-13-41(14-16-42)32-12-6-10-27-9-4-5-11-28(27)32/h1-12,18-21,23,44H,13-17,22H2/b33-21-. The third-order valence-electron chi connectivity index (χ3n) is 8.22. The summed E-state index contributed by atoms with van der Waals surface area (Å²) < 4.78 is 42.7. The van der Waals surface area contributed by atoms with Crippen LogP contribution in [-0.4, -0.2) is 52.4 Å². The SMILES string of the molecule is O=C(/C=C(\O)c1cc(Cc2cc(F)c(F)c(F)c2)cn(Cc2ccccc2)c1=O)C(=O)N1CCN(c2cccc3ccccc23)CC1. The van der Waals surface area contributed by atoms with E-state index in [9.17, 15) is 32.7 Å². The number of anilines is 1. The van der Waals surface area contributed by atoms with Gasteiger partial charge in [0.15, 0.2) is 17.5 Å². The number of aliphatic hydroxyl groups excluding tert-OH is 1. The second-order valence-corrected chi connectivity index (χ2v) is 11.4. The Labute approximate surface area is 268 Å². The summed E-state index contributed by atoms with van der Waals surface area (Å²) in [6, 6.07) is 26.0. The van der Waals surface area contributed by atoms with Crippen molar-refractivity contribution in [2.24, 2.45) is 0 Å². The van der Waals surface area contributed by atoms with E-state index in [0.29, 0.717) is 18.7 Å². The number of hydrogen-bond acceptors (Lipinski definition) is 5. The number of carbonyl (C=O) groups is 2. The summed E-state index contributed by atoms with van der Waals surface area (Å²) in [5.41, 5.74) is 1.32. The number of benzene rings is 4. The second kappa shape index (κ2) is 13.4. The van der Waals surface area contributed by atoms with Crippen molar-refractivity contribution in [3.05, 3.63) is 153 Å². The maximum Gasteiger partial charge on any atom is 0.294 e. The van der Waals surface area contributed by atoms with E-state index >= 15 is 0 Å². The lowest BCUT2D eigenvalue weighted by molar-refractivity contribution is -0.142. The van der Waals surface area contributed by atoms with Crippen LogP contribution in [0.4, 0.5) is 18.9 Å². The molecule has 0 aliphatic carbocycles. The van der Waals surface area contributed by atoms with Gasteiger partial charge in [-0.25, -0.2) is 13.2 Å². The molecule has 0 atom stereocenters. The first-order chi connectivity index (χ1) is 22.7. The van der Waals surface area contributed by atoms with Gasteiger partial charge in [0.2, 0.25) is 5.78 Å². The van der Waals surface area contributed by atoms with E-state index in [-0.39, 0.29) is 37.2 Å². The molecule has 1 aliphatic heterocycles. The van der Waals surface area contributed by atoms with Gasteiger partial charge in [-0.15, -0.1) is 0 Å². The molecule has 47 heavy (non-hydrogen) atoms. The van der Waals surface area contributed by atoms with Gasteiger partial charge in [0.05, 0.1) is 12.1 Å². The van der Waals surface area contributed by atoms with Crippen LogP contribution >= 0.6 is 0 Å². The number of piperazine rings is 1. The van der Waals surface area contributed by atoms with E-state index in [1.54, 1.807) is 24.3 Å². The Kier molecular flexibility index (Phi) is 8.92. The maximum atomic E-state index is 13.9. The van der Waals surface area contributed by atoms with Crippen molar-refractivity contribution in [3.63, 3.8) is 0 Å². The molecule has 0 saturated carbocycles. The number of aromatic nitrogens is 1. The highest BCUT2D eigenvalue weighted by molar-refractivity contribution is 6.41. The summed E-state index contributed by atoms with van der Waals surface area (Å²) in [4.78, 5) is 43.2. The zero-order valence-corrected chi connectivity index (χ0v) is 25.2. The first-order valence-electron chi connectivity index (χ1n) is 15.1. The normalized spacial score (nSPS) is 13.6. The van der Waals surface area contributed by atoms with Gasteiger partial charge < -0.3 is 19.5 Å². The third-order valence-corrected chi connectivity index (χ3v) is 8.22. The first kappa shape index (κ1) is 31.3. The molecule has 6 rings (SSSR count). The largest absolute Gasteiger partial charge is 0.507 e. The fourth-order valence-corrected chi connectivity index (χ4v) is 5.88. The molecular formula is C37H30F3N3O4. The van der Waals surface area contributed by atoms with Crippen LogP contribution in [0.25, 0.3) is 16.5 Å². The number of amides is 1. The van der Waals surface area contributed by atoms with E-state index in [1.165, 1.54) is 21.7 Å². The molecule has 0 radical (unpaired) electrons. The Balaban J connectivity index is 1.23. The maximum absolute atomic E-state index is 13.9. The van der Waals surface area contributed by atoms with E-state index in [2.05, 4.69) is 4.90 Å². The zero-order chi connectivity index (χ0) is 33.1. The Morgan fingerprint density at radius 2 is 1.43 bits per heavy atom. The Hall–Kier alpha value is -5.64. The van der Waals surface area contributed by atoms with Crippen LogP contribution < -0.4 is 10.5 Å². The number of aliphatic hydroxyl groups is 1. The van der Waals surface area contributed by atoms with Gasteiger partial charge in [-0.1, -0.05) is 66.7 Å². The van der Waals surface area contributed by atoms with Crippen LogP contribution in [0.15, 0.2) is 108 Å². The lowest BCUT2D eigenvalue weighted by Crippen LogP contribution is -2.50. The number of fused-ring (bicyclic) bond motifs is 1. The molecule has 1 saturated heterocycles. The van der Waals surface area contributed by atoms with Gasteiger partial charge in [0.25, 0.3) is 11.5 Å². The van der Waals surface area contributed by atoms with Crippen molar-refractivity contribution < 1.29 is 27.9 Å². The van der Waals surface area contributed by atoms with Gasteiger partial charge in [-0.05, 0) is 52.8 Å². The lowest BCUT2D eigenvalue weighted by Gasteiger charge is -2.36. The van der Waals surface area contributed by atoms with Gasteiger partial charge in [-0.2, -0.15) is 0 Å². The topological polar surface area (TPSA) is 82.8 Å². The predicted molar refractivity (Wildman–Crippen MR) is 174 cm³/mol. The molecule has 4 aromatic carbocycles. The van der Waals surface area contributed by atoms with Crippen LogP contribution in [0, 0.1) is 17.5 Å². The first-order valence-corrected chi connectivity index (χ1v) is 15.1. The molecular weight excluding hydrogens is 607 g/mol. The minimum atomic E-state index is -1.60. The molecule has 7 nitrogen and oxygen atoms in total. The fraction of sp³-hybridized carbons (Fsp3) is 0.162. The Morgan fingerprint density at radius 1 is 0.766 bits per heavy atom. The Bertz CT molecular complexity index is 2040. The number of ketones is 1. The van der Waals surface area contributed by atoms with Crippen molar-refractivity contribution in [2.45, 2.75) is 13.0 Å². The number of carbonyl (C=O) groups excluding carboxylic acids is 2. The molecule has 0 unspecified atom stereocenters. The molecule has 0 bridgehead atoms. The summed E-state index contributed by atoms with van der Waals surface area (Å²) in [5, 5.41) is 13.2. The quantitative estimate of drug-likeness (QED) is 0.0996. The highest BCUT2D eigenvalue weighted by Crippen LogP contribution is 2.27. The third kappa shape index (κ3) is 6.81. The minimum Gasteiger partial charge on any atom is -0.507 e. The number of nitrogens with zero attached hydrogens (tertiary/aromatic N) is 3. The predicted octanol–water partition coefficient (Wildman–Crippen LogP) is 5.87. The molecule has 1 aromatic heterocycles. The summed E-state index contributed by atoms with van der Waals surface area (Å²) in [6.45, 7) is 1.66. The van der Waals surface area contributed by atoms with Crippen molar-refractivity contribution >= 4 is 33.9 Å². The molecule has 2 heterocycles. The van der Waals surface area contributed by atoms with Crippen molar-refractivity contribution in [3.8, 4) is 0 Å². The number of halogens is 3. The van der Waals surface area contributed by atoms with E-state index in [4.69, 9.17) is 0 Å². The molecule has 1 aliphatic rings. The van der Waals surface area contributed by atoms with Crippen LogP contribution in [0.3, 0.4) is 0 Å². The molecule has 5 aromatic rings. The van der Waals surface area contributed by atoms with Gasteiger partial charge in [0, 0.05) is 49.5 Å². The van der Waals surface area contributed by atoms with Crippen LogP contribution in [0.5, 0.6) is 0 Å². The molecule has 10 heteroatoms. The summed E-state index contributed by atoms with van der Waals surface area (Å²) in [7, 11) is 0. The average Bonchev–Trinajstić information content (AvgIpc) is 3.08. The Morgan fingerprint density at radius 3 is 2.15 bits per heavy atom. The molecule has 1 N–H and O–H groups in total. The van der Waals surface area contributed by atoms with Crippen LogP contribution in [0.1, 0.15) is 22.3 Å². The molecule has 1 fully saturated rings. The fourth-order valence-electron chi connectivity index (χ4n) is 5.88. The average molecular weight is 638 g/mol. The van der Waals surface area contributed by atoms with Gasteiger partial charge in [0.1, 0.15) is 5.76 Å². The number of pyridine rings is 1. The van der Waals surface area contributed by atoms with E-state index in [1.807, 2.05) is 48.5 Å². The van der Waals surface area contributed by atoms with Crippen LogP contribution in [-0.2, 0) is 22.6 Å². The van der Waals surface area contributed by atoms with Gasteiger partial charge in [-0.3, -0.25) is 14.4 Å². The minimum absolute atomic E-state index is 0.0911. The van der Waals surface area contributed by atoms with Crippen molar-refractivity contribution in [1.29, 1.82) is 0 Å². The number of hydrogen-bond donors (Lipinski definition) is 1. The monoisotopic (exact) mass is 637 g/mol. The number of rotatable bonds is 8. The van der Waals surface area contributed by atoms with Crippen LogP contribution in [0.2, 0.25) is 0 Å². The summed E-state index contributed by atoms with van der Waals surface area (Å²) in [6.07, 6.45) is 2.08. The highest BCUT2D eigenvalue weighted by atomic mass is 19.2.